The normalized spacial score (nSPS) is 10.2. The van der Waals surface area contributed by atoms with Gasteiger partial charge in [0.05, 0.1) is 0 Å². The number of urea groups is 1. The van der Waals surface area contributed by atoms with Gasteiger partial charge >= 0.3 is 6.03 Å². The van der Waals surface area contributed by atoms with E-state index in [0.29, 0.717) is 6.54 Å². The number of hydrogen-bond acceptors (Lipinski definition) is 1. The molecule has 0 bridgehead atoms. The van der Waals surface area contributed by atoms with Crippen molar-refractivity contribution in [2.75, 3.05) is 5.32 Å². The van der Waals surface area contributed by atoms with Crippen LogP contribution in [0.25, 0.3) is 0 Å². The highest BCUT2D eigenvalue weighted by Crippen LogP contribution is 2.12. The third kappa shape index (κ3) is 3.78. The molecule has 2 rings (SSSR count). The lowest BCUT2D eigenvalue weighted by atomic mass is 10.1. The summed E-state index contributed by atoms with van der Waals surface area (Å²) in [5.74, 6) is -1.95. The Bertz CT molecular complexity index is 629. The van der Waals surface area contributed by atoms with Gasteiger partial charge in [-0.05, 0) is 24.6 Å². The minimum absolute atomic E-state index is 0.200. The second kappa shape index (κ2) is 6.14. The minimum atomic E-state index is -0.999. The van der Waals surface area contributed by atoms with Crippen molar-refractivity contribution in [3.05, 3.63) is 65.2 Å². The van der Waals surface area contributed by atoms with E-state index in [2.05, 4.69) is 10.6 Å². The van der Waals surface area contributed by atoms with Crippen molar-refractivity contribution >= 4 is 11.7 Å². The highest BCUT2D eigenvalue weighted by molar-refractivity contribution is 5.89. The molecule has 0 atom stereocenters. The number of nitrogens with one attached hydrogen (secondary N) is 2. The molecule has 0 aliphatic heterocycles. The summed E-state index contributed by atoms with van der Waals surface area (Å²) in [6, 6.07) is 10.4. The van der Waals surface area contributed by atoms with Crippen molar-refractivity contribution in [3.63, 3.8) is 0 Å². The largest absolute Gasteiger partial charge is 0.334 e. The van der Waals surface area contributed by atoms with Crippen LogP contribution in [0.5, 0.6) is 0 Å². The molecule has 0 heterocycles. The van der Waals surface area contributed by atoms with E-state index in [-0.39, 0.29) is 5.69 Å². The first-order valence-corrected chi connectivity index (χ1v) is 6.10. The lowest BCUT2D eigenvalue weighted by Gasteiger charge is -2.08. The summed E-state index contributed by atoms with van der Waals surface area (Å²) in [6.45, 7) is 2.32. The summed E-state index contributed by atoms with van der Waals surface area (Å²) in [5, 5.41) is 5.08. The fourth-order valence-corrected chi connectivity index (χ4v) is 1.75. The standard InChI is InChI=1S/C15H14F2N2O/c1-10-3-2-4-11(7-10)9-18-15(20)19-12-5-6-13(16)14(17)8-12/h2-8H,9H2,1H3,(H2,18,19,20). The number of aryl methyl sites for hydroxylation is 1. The fourth-order valence-electron chi connectivity index (χ4n) is 1.75. The van der Waals surface area contributed by atoms with Crippen LogP contribution in [0.3, 0.4) is 0 Å². The molecule has 2 N–H and O–H groups in total. The second-order valence-corrected chi connectivity index (χ2v) is 4.43. The van der Waals surface area contributed by atoms with Gasteiger partial charge in [-0.3, -0.25) is 0 Å². The highest BCUT2D eigenvalue weighted by Gasteiger charge is 2.05. The second-order valence-electron chi connectivity index (χ2n) is 4.43. The van der Waals surface area contributed by atoms with Crippen LogP contribution in [0.4, 0.5) is 19.3 Å². The van der Waals surface area contributed by atoms with Gasteiger partial charge in [0.2, 0.25) is 0 Å². The van der Waals surface area contributed by atoms with Crippen molar-refractivity contribution in [2.45, 2.75) is 13.5 Å². The van der Waals surface area contributed by atoms with Crippen molar-refractivity contribution in [1.82, 2.24) is 5.32 Å². The third-order valence-corrected chi connectivity index (χ3v) is 2.71. The van der Waals surface area contributed by atoms with Crippen LogP contribution >= 0.6 is 0 Å². The molecule has 104 valence electrons. The zero-order chi connectivity index (χ0) is 14.5. The Balaban J connectivity index is 1.91. The first-order valence-electron chi connectivity index (χ1n) is 6.10. The summed E-state index contributed by atoms with van der Waals surface area (Å²) >= 11 is 0. The molecular formula is C15H14F2N2O. The zero-order valence-electron chi connectivity index (χ0n) is 10.9. The summed E-state index contributed by atoms with van der Waals surface area (Å²) in [4.78, 5) is 11.6. The highest BCUT2D eigenvalue weighted by atomic mass is 19.2. The Kier molecular flexibility index (Phi) is 4.30. The average molecular weight is 276 g/mol. The smallest absolute Gasteiger partial charge is 0.319 e. The van der Waals surface area contributed by atoms with Crippen molar-refractivity contribution < 1.29 is 13.6 Å². The molecule has 0 radical (unpaired) electrons. The number of anilines is 1. The summed E-state index contributed by atoms with van der Waals surface area (Å²) in [5.41, 5.74) is 2.27. The van der Waals surface area contributed by atoms with Gasteiger partial charge < -0.3 is 10.6 Å². The number of rotatable bonds is 3. The van der Waals surface area contributed by atoms with Gasteiger partial charge in [0.25, 0.3) is 0 Å². The third-order valence-electron chi connectivity index (χ3n) is 2.71. The molecule has 0 fully saturated rings. The van der Waals surface area contributed by atoms with E-state index in [4.69, 9.17) is 0 Å². The quantitative estimate of drug-likeness (QED) is 0.883. The fraction of sp³-hybridized carbons (Fsp3) is 0.133. The number of hydrogen-bond donors (Lipinski definition) is 2. The van der Waals surface area contributed by atoms with E-state index in [1.807, 2.05) is 31.2 Å². The predicted molar refractivity (Wildman–Crippen MR) is 73.4 cm³/mol. The molecule has 0 saturated carbocycles. The van der Waals surface area contributed by atoms with Crippen molar-refractivity contribution in [2.24, 2.45) is 0 Å². The first-order chi connectivity index (χ1) is 9.54. The lowest BCUT2D eigenvalue weighted by molar-refractivity contribution is 0.251. The molecule has 2 aromatic carbocycles. The molecule has 0 saturated heterocycles. The van der Waals surface area contributed by atoms with E-state index in [0.717, 1.165) is 23.3 Å². The number of benzene rings is 2. The van der Waals surface area contributed by atoms with E-state index >= 15 is 0 Å². The van der Waals surface area contributed by atoms with Crippen molar-refractivity contribution in [1.29, 1.82) is 0 Å². The summed E-state index contributed by atoms with van der Waals surface area (Å²) < 4.78 is 25.7. The van der Waals surface area contributed by atoms with Crippen LogP contribution in [0.1, 0.15) is 11.1 Å². The van der Waals surface area contributed by atoms with Crippen LogP contribution in [-0.2, 0) is 6.54 Å². The molecule has 20 heavy (non-hydrogen) atoms. The topological polar surface area (TPSA) is 41.1 Å². The molecule has 0 aromatic heterocycles. The SMILES string of the molecule is Cc1cccc(CNC(=O)Nc2ccc(F)c(F)c2)c1. The molecule has 3 nitrogen and oxygen atoms in total. The minimum Gasteiger partial charge on any atom is -0.334 e. The van der Waals surface area contributed by atoms with E-state index in [9.17, 15) is 13.6 Å². The maximum Gasteiger partial charge on any atom is 0.319 e. The maximum absolute atomic E-state index is 13.0. The Labute approximate surface area is 115 Å². The number of halogens is 2. The van der Waals surface area contributed by atoms with Crippen LogP contribution in [0.15, 0.2) is 42.5 Å². The van der Waals surface area contributed by atoms with Gasteiger partial charge in [-0.2, -0.15) is 0 Å². The van der Waals surface area contributed by atoms with Crippen LogP contribution in [0, 0.1) is 18.6 Å². The molecular weight excluding hydrogens is 262 g/mol. The Hall–Kier alpha value is -2.43. The zero-order valence-corrected chi connectivity index (χ0v) is 10.9. The number of amides is 2. The van der Waals surface area contributed by atoms with E-state index < -0.39 is 17.7 Å². The van der Waals surface area contributed by atoms with Gasteiger partial charge in [0, 0.05) is 18.3 Å². The molecule has 0 spiro atoms. The van der Waals surface area contributed by atoms with E-state index in [1.54, 1.807) is 0 Å². The maximum atomic E-state index is 13.0. The van der Waals surface area contributed by atoms with Gasteiger partial charge in [-0.25, -0.2) is 13.6 Å². The molecule has 2 amide bonds. The molecule has 0 unspecified atom stereocenters. The first kappa shape index (κ1) is 14.0. The summed E-state index contributed by atoms with van der Waals surface area (Å²) in [6.07, 6.45) is 0. The summed E-state index contributed by atoms with van der Waals surface area (Å²) in [7, 11) is 0. The molecule has 5 heteroatoms. The van der Waals surface area contributed by atoms with Gasteiger partial charge in [-0.1, -0.05) is 29.8 Å². The Morgan fingerprint density at radius 2 is 1.90 bits per heavy atom. The number of carbonyl (C=O) groups excluding carboxylic acids is 1. The van der Waals surface area contributed by atoms with Crippen LogP contribution < -0.4 is 10.6 Å². The van der Waals surface area contributed by atoms with Gasteiger partial charge in [0.1, 0.15) is 0 Å². The van der Waals surface area contributed by atoms with Gasteiger partial charge in [0.15, 0.2) is 11.6 Å². The monoisotopic (exact) mass is 276 g/mol. The molecule has 0 aliphatic carbocycles. The lowest BCUT2D eigenvalue weighted by Crippen LogP contribution is -2.28. The Morgan fingerprint density at radius 1 is 1.10 bits per heavy atom. The average Bonchev–Trinajstić information content (AvgIpc) is 2.41. The molecule has 2 aromatic rings. The predicted octanol–water partition coefficient (Wildman–Crippen LogP) is 3.59. The van der Waals surface area contributed by atoms with Crippen LogP contribution in [0.2, 0.25) is 0 Å². The van der Waals surface area contributed by atoms with Gasteiger partial charge in [-0.15, -0.1) is 0 Å². The van der Waals surface area contributed by atoms with Crippen LogP contribution in [-0.4, -0.2) is 6.03 Å². The number of carbonyl (C=O) groups is 1. The van der Waals surface area contributed by atoms with E-state index in [1.165, 1.54) is 6.07 Å². The molecule has 0 aliphatic rings. The Morgan fingerprint density at radius 3 is 2.60 bits per heavy atom. The van der Waals surface area contributed by atoms with Crippen molar-refractivity contribution in [3.8, 4) is 0 Å².